The van der Waals surface area contributed by atoms with E-state index in [1.165, 1.54) is 0 Å². The van der Waals surface area contributed by atoms with Gasteiger partial charge in [0.25, 0.3) is 0 Å². The highest BCUT2D eigenvalue weighted by atomic mass is 16.5. The molecule has 1 rings (SSSR count). The molecule has 0 spiro atoms. The molecule has 0 unspecified atom stereocenters. The van der Waals surface area contributed by atoms with E-state index in [0.717, 1.165) is 0 Å². The summed E-state index contributed by atoms with van der Waals surface area (Å²) < 4.78 is 4.91. The number of nitrogens with two attached hydrogens (primary N) is 1. The monoisotopic (exact) mass is 130 g/mol. The lowest BCUT2D eigenvalue weighted by Crippen LogP contribution is -2.50. The standard InChI is InChI=1S/C5H10N2O2/c1-5(4(6)8)2-9-3-7-5/h7H,2-3H2,1H3,(H2,6,8)/t5-/m1/s1. The topological polar surface area (TPSA) is 64.4 Å². The summed E-state index contributed by atoms with van der Waals surface area (Å²) >= 11 is 0. The van der Waals surface area contributed by atoms with Gasteiger partial charge in [-0.15, -0.1) is 0 Å². The second kappa shape index (κ2) is 1.97. The molecule has 52 valence electrons. The van der Waals surface area contributed by atoms with E-state index < -0.39 is 5.54 Å². The average Bonchev–Trinajstić information content (AvgIpc) is 2.16. The van der Waals surface area contributed by atoms with Gasteiger partial charge in [0.1, 0.15) is 5.54 Å². The van der Waals surface area contributed by atoms with E-state index in [1.54, 1.807) is 6.92 Å². The molecule has 1 heterocycles. The SMILES string of the molecule is C[C@]1(C(N)=O)COCN1. The molecule has 0 radical (unpaired) electrons. The fraction of sp³-hybridized carbons (Fsp3) is 0.800. The minimum absolute atomic E-state index is 0.361. The highest BCUT2D eigenvalue weighted by Crippen LogP contribution is 2.07. The minimum atomic E-state index is -0.639. The van der Waals surface area contributed by atoms with Crippen LogP contribution in [-0.2, 0) is 9.53 Å². The largest absolute Gasteiger partial charge is 0.368 e. The van der Waals surface area contributed by atoms with Crippen molar-refractivity contribution < 1.29 is 9.53 Å². The molecule has 0 bridgehead atoms. The van der Waals surface area contributed by atoms with E-state index in [4.69, 9.17) is 10.5 Å². The normalized spacial score (nSPS) is 34.8. The van der Waals surface area contributed by atoms with Crippen molar-refractivity contribution in [1.29, 1.82) is 0 Å². The predicted molar refractivity (Wildman–Crippen MR) is 31.6 cm³/mol. The van der Waals surface area contributed by atoms with Gasteiger partial charge >= 0.3 is 0 Å². The van der Waals surface area contributed by atoms with E-state index in [-0.39, 0.29) is 5.91 Å². The number of ether oxygens (including phenoxy) is 1. The number of rotatable bonds is 1. The van der Waals surface area contributed by atoms with Crippen molar-refractivity contribution in [3.8, 4) is 0 Å². The van der Waals surface area contributed by atoms with Gasteiger partial charge < -0.3 is 10.5 Å². The van der Waals surface area contributed by atoms with Crippen LogP contribution >= 0.6 is 0 Å². The molecule has 1 aliphatic rings. The zero-order valence-electron chi connectivity index (χ0n) is 5.31. The Kier molecular flexibility index (Phi) is 1.42. The van der Waals surface area contributed by atoms with Crippen LogP contribution in [0, 0.1) is 0 Å². The number of hydrogen-bond acceptors (Lipinski definition) is 3. The summed E-state index contributed by atoms with van der Waals surface area (Å²) in [5, 5.41) is 2.84. The number of carbonyl (C=O) groups is 1. The number of amides is 1. The Balaban J connectivity index is 2.61. The third-order valence-electron chi connectivity index (χ3n) is 1.50. The lowest BCUT2D eigenvalue weighted by Gasteiger charge is -2.16. The van der Waals surface area contributed by atoms with Gasteiger partial charge in [-0.2, -0.15) is 0 Å². The second-order valence-corrected chi connectivity index (χ2v) is 2.37. The summed E-state index contributed by atoms with van der Waals surface area (Å²) in [6.07, 6.45) is 0. The maximum absolute atomic E-state index is 10.6. The van der Waals surface area contributed by atoms with Crippen molar-refractivity contribution in [1.82, 2.24) is 5.32 Å². The highest BCUT2D eigenvalue weighted by Gasteiger charge is 2.34. The van der Waals surface area contributed by atoms with Gasteiger partial charge in [-0.05, 0) is 6.92 Å². The molecule has 1 atom stereocenters. The molecule has 0 aromatic rings. The summed E-state index contributed by atoms with van der Waals surface area (Å²) in [4.78, 5) is 10.6. The molecule has 1 fully saturated rings. The molecule has 1 amide bonds. The van der Waals surface area contributed by atoms with Crippen LogP contribution in [0.1, 0.15) is 6.92 Å². The van der Waals surface area contributed by atoms with Crippen molar-refractivity contribution >= 4 is 5.91 Å². The Morgan fingerprint density at radius 3 is 2.78 bits per heavy atom. The second-order valence-electron chi connectivity index (χ2n) is 2.37. The molecular formula is C5H10N2O2. The van der Waals surface area contributed by atoms with Crippen molar-refractivity contribution in [2.45, 2.75) is 12.5 Å². The first kappa shape index (κ1) is 6.51. The molecule has 0 saturated carbocycles. The quantitative estimate of drug-likeness (QED) is 0.469. The first-order valence-electron chi connectivity index (χ1n) is 2.78. The lowest BCUT2D eigenvalue weighted by molar-refractivity contribution is -0.123. The average molecular weight is 130 g/mol. The Hall–Kier alpha value is -0.610. The van der Waals surface area contributed by atoms with E-state index >= 15 is 0 Å². The minimum Gasteiger partial charge on any atom is -0.368 e. The number of hydrogen-bond donors (Lipinski definition) is 2. The molecule has 0 aromatic heterocycles. The molecule has 1 aliphatic heterocycles. The molecule has 0 aromatic carbocycles. The smallest absolute Gasteiger partial charge is 0.239 e. The molecule has 1 saturated heterocycles. The lowest BCUT2D eigenvalue weighted by atomic mass is 10.1. The zero-order valence-corrected chi connectivity index (χ0v) is 5.31. The van der Waals surface area contributed by atoms with Crippen LogP contribution in [0.2, 0.25) is 0 Å². The summed E-state index contributed by atoms with van der Waals surface area (Å²) in [5.41, 5.74) is 4.41. The number of nitrogens with one attached hydrogen (secondary N) is 1. The number of carbonyl (C=O) groups excluding carboxylic acids is 1. The van der Waals surface area contributed by atoms with E-state index in [2.05, 4.69) is 5.32 Å². The Morgan fingerprint density at radius 2 is 2.56 bits per heavy atom. The molecule has 4 nitrogen and oxygen atoms in total. The Bertz CT molecular complexity index is 129. The van der Waals surface area contributed by atoms with E-state index in [1.807, 2.05) is 0 Å². The van der Waals surface area contributed by atoms with Crippen molar-refractivity contribution in [3.63, 3.8) is 0 Å². The maximum Gasteiger partial charge on any atom is 0.239 e. The molecule has 9 heavy (non-hydrogen) atoms. The fourth-order valence-corrected chi connectivity index (χ4v) is 0.675. The van der Waals surface area contributed by atoms with E-state index in [0.29, 0.717) is 13.3 Å². The summed E-state index contributed by atoms with van der Waals surface area (Å²) in [6.45, 7) is 2.52. The van der Waals surface area contributed by atoms with Crippen LogP contribution < -0.4 is 11.1 Å². The predicted octanol–water partition coefficient (Wildman–Crippen LogP) is -1.19. The van der Waals surface area contributed by atoms with Crippen LogP contribution in [0.25, 0.3) is 0 Å². The zero-order chi connectivity index (χ0) is 6.91. The van der Waals surface area contributed by atoms with Crippen molar-refractivity contribution in [2.75, 3.05) is 13.3 Å². The van der Waals surface area contributed by atoms with E-state index in [9.17, 15) is 4.79 Å². The van der Waals surface area contributed by atoms with Crippen LogP contribution in [0.4, 0.5) is 0 Å². The highest BCUT2D eigenvalue weighted by molar-refractivity contribution is 5.84. The van der Waals surface area contributed by atoms with Crippen LogP contribution in [-0.4, -0.2) is 24.8 Å². The van der Waals surface area contributed by atoms with Gasteiger partial charge in [0.15, 0.2) is 0 Å². The summed E-state index contributed by atoms with van der Waals surface area (Å²) in [6, 6.07) is 0. The fourth-order valence-electron chi connectivity index (χ4n) is 0.675. The third kappa shape index (κ3) is 1.04. The van der Waals surface area contributed by atoms with Gasteiger partial charge in [0.05, 0.1) is 13.3 Å². The Labute approximate surface area is 53.4 Å². The van der Waals surface area contributed by atoms with Gasteiger partial charge in [0, 0.05) is 0 Å². The molecular weight excluding hydrogens is 120 g/mol. The third-order valence-corrected chi connectivity index (χ3v) is 1.50. The Morgan fingerprint density at radius 1 is 1.89 bits per heavy atom. The van der Waals surface area contributed by atoms with Crippen LogP contribution in [0.15, 0.2) is 0 Å². The first-order valence-corrected chi connectivity index (χ1v) is 2.78. The maximum atomic E-state index is 10.6. The first-order chi connectivity index (χ1) is 4.15. The van der Waals surface area contributed by atoms with Crippen molar-refractivity contribution in [2.24, 2.45) is 5.73 Å². The van der Waals surface area contributed by atoms with Gasteiger partial charge in [-0.1, -0.05) is 0 Å². The molecule has 3 N–H and O–H groups in total. The molecule has 0 aliphatic carbocycles. The van der Waals surface area contributed by atoms with Crippen molar-refractivity contribution in [3.05, 3.63) is 0 Å². The van der Waals surface area contributed by atoms with Gasteiger partial charge in [-0.3, -0.25) is 10.1 Å². The van der Waals surface area contributed by atoms with Crippen LogP contribution in [0.5, 0.6) is 0 Å². The summed E-state index contributed by atoms with van der Waals surface area (Å²) in [5.74, 6) is -0.361. The van der Waals surface area contributed by atoms with Gasteiger partial charge in [0.2, 0.25) is 5.91 Å². The van der Waals surface area contributed by atoms with Crippen LogP contribution in [0.3, 0.4) is 0 Å². The number of primary amides is 1. The molecule has 4 heteroatoms. The summed E-state index contributed by atoms with van der Waals surface area (Å²) in [7, 11) is 0. The van der Waals surface area contributed by atoms with Gasteiger partial charge in [-0.25, -0.2) is 0 Å².